The van der Waals surface area contributed by atoms with Crippen molar-refractivity contribution in [2.45, 2.75) is 26.9 Å². The van der Waals surface area contributed by atoms with Crippen LogP contribution in [0, 0.1) is 6.92 Å². The monoisotopic (exact) mass is 274 g/mol. The predicted molar refractivity (Wildman–Crippen MR) is 76.1 cm³/mol. The number of hydrogen-bond acceptors (Lipinski definition) is 5. The maximum absolute atomic E-state index is 12.2. The summed E-state index contributed by atoms with van der Waals surface area (Å²) in [6, 6.07) is 5.24. The molecule has 2 N–H and O–H groups in total. The molecule has 1 aromatic carbocycles. The van der Waals surface area contributed by atoms with Crippen LogP contribution in [0.25, 0.3) is 11.4 Å². The maximum atomic E-state index is 12.2. The number of nitrogens with two attached hydrogens (primary N) is 1. The summed E-state index contributed by atoms with van der Waals surface area (Å²) in [4.78, 5) is 12.2. The Morgan fingerprint density at radius 2 is 2.05 bits per heavy atom. The fourth-order valence-corrected chi connectivity index (χ4v) is 1.90. The summed E-state index contributed by atoms with van der Waals surface area (Å²) >= 11 is 0. The number of rotatable bonds is 3. The van der Waals surface area contributed by atoms with E-state index in [1.165, 1.54) is 0 Å². The lowest BCUT2D eigenvalue weighted by molar-refractivity contribution is 0.0380. The smallest absolute Gasteiger partial charge is 0.341 e. The first kappa shape index (κ1) is 14.0. The molecule has 0 unspecified atom stereocenters. The fourth-order valence-electron chi connectivity index (χ4n) is 1.90. The molecule has 0 atom stereocenters. The van der Waals surface area contributed by atoms with Crippen LogP contribution in [-0.2, 0) is 11.8 Å². The Balaban J connectivity index is 2.57. The van der Waals surface area contributed by atoms with Crippen molar-refractivity contribution in [2.24, 2.45) is 7.05 Å². The summed E-state index contributed by atoms with van der Waals surface area (Å²) in [5, 5.41) is 8.10. The molecule has 20 heavy (non-hydrogen) atoms. The number of nitrogen functional groups attached to an aromatic ring is 1. The molecule has 0 spiro atoms. The van der Waals surface area contributed by atoms with Crippen LogP contribution in [-0.4, -0.2) is 26.8 Å². The molecule has 0 aliphatic carbocycles. The van der Waals surface area contributed by atoms with Gasteiger partial charge < -0.3 is 15.0 Å². The van der Waals surface area contributed by atoms with Crippen LogP contribution in [0.5, 0.6) is 0 Å². The lowest BCUT2D eigenvalue weighted by atomic mass is 10.0. The quantitative estimate of drug-likeness (QED) is 0.683. The van der Waals surface area contributed by atoms with E-state index >= 15 is 0 Å². The third-order valence-electron chi connectivity index (χ3n) is 2.98. The summed E-state index contributed by atoms with van der Waals surface area (Å²) in [6.07, 6.45) is -0.212. The summed E-state index contributed by atoms with van der Waals surface area (Å²) in [5.74, 6) is 0.893. The van der Waals surface area contributed by atoms with E-state index in [-0.39, 0.29) is 6.10 Å². The summed E-state index contributed by atoms with van der Waals surface area (Å²) < 4.78 is 7.06. The van der Waals surface area contributed by atoms with Crippen LogP contribution in [0.4, 0.5) is 5.69 Å². The van der Waals surface area contributed by atoms with Crippen LogP contribution in [0.2, 0.25) is 0 Å². The van der Waals surface area contributed by atoms with Crippen LogP contribution in [0.3, 0.4) is 0 Å². The Morgan fingerprint density at radius 1 is 1.35 bits per heavy atom. The number of esters is 1. The number of ether oxygens (including phenoxy) is 1. The number of aromatic nitrogens is 3. The van der Waals surface area contributed by atoms with Crippen molar-refractivity contribution in [1.82, 2.24) is 14.8 Å². The SMILES string of the molecule is Cc1nnc(-c2cccc(N)c2C(=O)OC(C)C)n1C. The minimum absolute atomic E-state index is 0.212. The molecule has 0 saturated carbocycles. The highest BCUT2D eigenvalue weighted by Crippen LogP contribution is 2.27. The zero-order valence-corrected chi connectivity index (χ0v) is 12.0. The number of aryl methyl sites for hydroxylation is 1. The molecular weight excluding hydrogens is 256 g/mol. The van der Waals surface area contributed by atoms with Gasteiger partial charge in [0.2, 0.25) is 0 Å². The molecular formula is C14H18N4O2. The first-order valence-electron chi connectivity index (χ1n) is 6.37. The van der Waals surface area contributed by atoms with Gasteiger partial charge >= 0.3 is 5.97 Å². The third-order valence-corrected chi connectivity index (χ3v) is 2.98. The molecule has 0 aliphatic heterocycles. The van der Waals surface area contributed by atoms with Gasteiger partial charge in [-0.15, -0.1) is 10.2 Å². The lowest BCUT2D eigenvalue weighted by Crippen LogP contribution is -2.15. The van der Waals surface area contributed by atoms with E-state index < -0.39 is 5.97 Å². The highest BCUT2D eigenvalue weighted by molar-refractivity contribution is 6.01. The second-order valence-electron chi connectivity index (χ2n) is 4.85. The first-order valence-corrected chi connectivity index (χ1v) is 6.37. The largest absolute Gasteiger partial charge is 0.459 e. The van der Waals surface area contributed by atoms with Crippen LogP contribution >= 0.6 is 0 Å². The predicted octanol–water partition coefficient (Wildman–Crippen LogP) is 1.94. The Labute approximate surface area is 117 Å². The topological polar surface area (TPSA) is 83.0 Å². The molecule has 0 amide bonds. The number of anilines is 1. The van der Waals surface area contributed by atoms with Gasteiger partial charge in [0.25, 0.3) is 0 Å². The zero-order valence-electron chi connectivity index (χ0n) is 12.0. The Hall–Kier alpha value is -2.37. The van der Waals surface area contributed by atoms with Crippen molar-refractivity contribution < 1.29 is 9.53 Å². The maximum Gasteiger partial charge on any atom is 0.341 e. The third kappa shape index (κ3) is 2.49. The van der Waals surface area contributed by atoms with Gasteiger partial charge in [-0.05, 0) is 26.8 Å². The molecule has 106 valence electrons. The van der Waals surface area contributed by atoms with E-state index in [0.29, 0.717) is 22.6 Å². The first-order chi connectivity index (χ1) is 9.41. The second kappa shape index (κ2) is 5.32. The van der Waals surface area contributed by atoms with Crippen molar-refractivity contribution in [3.8, 4) is 11.4 Å². The molecule has 0 aliphatic rings. The van der Waals surface area contributed by atoms with Crippen molar-refractivity contribution in [3.63, 3.8) is 0 Å². The molecule has 1 heterocycles. The standard InChI is InChI=1S/C14H18N4O2/c1-8(2)20-14(19)12-10(6-5-7-11(12)15)13-17-16-9(3)18(13)4/h5-8H,15H2,1-4H3. The molecule has 0 fully saturated rings. The average Bonchev–Trinajstić information content (AvgIpc) is 2.68. The Bertz CT molecular complexity index is 647. The van der Waals surface area contributed by atoms with Crippen molar-refractivity contribution in [3.05, 3.63) is 29.6 Å². The molecule has 0 radical (unpaired) electrons. The number of hydrogen-bond donors (Lipinski definition) is 1. The normalized spacial score (nSPS) is 10.8. The van der Waals surface area contributed by atoms with Crippen LogP contribution in [0.1, 0.15) is 30.0 Å². The van der Waals surface area contributed by atoms with E-state index in [1.54, 1.807) is 36.6 Å². The fraction of sp³-hybridized carbons (Fsp3) is 0.357. The zero-order chi connectivity index (χ0) is 14.9. The van der Waals surface area contributed by atoms with Gasteiger partial charge in [-0.3, -0.25) is 0 Å². The van der Waals surface area contributed by atoms with Gasteiger partial charge in [0.05, 0.1) is 11.7 Å². The molecule has 2 rings (SSSR count). The summed E-state index contributed by atoms with van der Waals surface area (Å²) in [5.41, 5.74) is 7.26. The minimum atomic E-state index is -0.450. The van der Waals surface area contributed by atoms with Crippen LogP contribution < -0.4 is 5.73 Å². The van der Waals surface area contributed by atoms with Gasteiger partial charge in [-0.25, -0.2) is 4.79 Å². The summed E-state index contributed by atoms with van der Waals surface area (Å²) in [6.45, 7) is 5.43. The van der Waals surface area contributed by atoms with Crippen molar-refractivity contribution in [2.75, 3.05) is 5.73 Å². The second-order valence-corrected chi connectivity index (χ2v) is 4.85. The molecule has 6 nitrogen and oxygen atoms in total. The van der Waals surface area contributed by atoms with E-state index in [9.17, 15) is 4.79 Å². The molecule has 1 aromatic heterocycles. The minimum Gasteiger partial charge on any atom is -0.459 e. The summed E-state index contributed by atoms with van der Waals surface area (Å²) in [7, 11) is 1.84. The molecule has 0 bridgehead atoms. The van der Waals surface area contributed by atoms with Gasteiger partial charge in [-0.1, -0.05) is 12.1 Å². The highest BCUT2D eigenvalue weighted by Gasteiger charge is 2.21. The van der Waals surface area contributed by atoms with E-state index in [1.807, 2.05) is 14.0 Å². The van der Waals surface area contributed by atoms with E-state index in [4.69, 9.17) is 10.5 Å². The Morgan fingerprint density at radius 3 is 2.60 bits per heavy atom. The van der Waals surface area contributed by atoms with Crippen molar-refractivity contribution in [1.29, 1.82) is 0 Å². The molecule has 0 saturated heterocycles. The lowest BCUT2D eigenvalue weighted by Gasteiger charge is -2.13. The van der Waals surface area contributed by atoms with E-state index in [2.05, 4.69) is 10.2 Å². The van der Waals surface area contributed by atoms with E-state index in [0.717, 1.165) is 5.82 Å². The highest BCUT2D eigenvalue weighted by atomic mass is 16.5. The van der Waals surface area contributed by atoms with Gasteiger partial charge in [0, 0.05) is 18.3 Å². The Kier molecular flexibility index (Phi) is 3.74. The van der Waals surface area contributed by atoms with Gasteiger partial charge in [-0.2, -0.15) is 0 Å². The molecule has 6 heteroatoms. The molecule has 2 aromatic rings. The number of carbonyl (C=O) groups excluding carboxylic acids is 1. The number of nitrogens with zero attached hydrogens (tertiary/aromatic N) is 3. The van der Waals surface area contributed by atoms with Gasteiger partial charge in [0.15, 0.2) is 5.82 Å². The van der Waals surface area contributed by atoms with Crippen LogP contribution in [0.15, 0.2) is 18.2 Å². The number of carbonyl (C=O) groups is 1. The number of benzene rings is 1. The van der Waals surface area contributed by atoms with Crippen molar-refractivity contribution >= 4 is 11.7 Å². The average molecular weight is 274 g/mol. The van der Waals surface area contributed by atoms with Gasteiger partial charge in [0.1, 0.15) is 5.82 Å².